The minimum atomic E-state index is -0.732. The highest BCUT2D eigenvalue weighted by Gasteiger charge is 2.46. The van der Waals surface area contributed by atoms with E-state index in [1.54, 1.807) is 13.8 Å². The fourth-order valence-electron chi connectivity index (χ4n) is 3.71. The molecule has 0 radical (unpaired) electrons. The standard InChI is InChI=1S/C21H25N3O5S/c1-11-14(12(2)22-16(11)21(28)29-5)18(25)15-17(13-7-6-10-30-13)24(9-8-23(3)4)20(27)19(15)26/h6-7,10,17,22,25H,8-9H2,1-5H3/b18-15-. The SMILES string of the molecule is COC(=O)c1[nH]c(C)c(/C(O)=C2/C(=O)C(=O)N(CCN(C)C)C2c2cccs2)c1C. The first kappa shape index (κ1) is 21.8. The molecule has 0 aliphatic carbocycles. The van der Waals surface area contributed by atoms with Crippen LogP contribution >= 0.6 is 11.3 Å². The Labute approximate surface area is 178 Å². The zero-order chi connectivity index (χ0) is 22.2. The summed E-state index contributed by atoms with van der Waals surface area (Å²) in [6.45, 7) is 4.27. The number of aromatic amines is 1. The molecule has 0 bridgehead atoms. The summed E-state index contributed by atoms with van der Waals surface area (Å²) in [7, 11) is 5.04. The van der Waals surface area contributed by atoms with Gasteiger partial charge in [-0.3, -0.25) is 9.59 Å². The normalized spacial score (nSPS) is 18.5. The van der Waals surface area contributed by atoms with E-state index in [1.165, 1.54) is 23.3 Å². The molecule has 1 saturated heterocycles. The third-order valence-corrected chi connectivity index (χ3v) is 6.13. The number of aliphatic hydroxyl groups is 1. The van der Waals surface area contributed by atoms with Crippen LogP contribution in [0, 0.1) is 13.8 Å². The van der Waals surface area contributed by atoms with E-state index in [9.17, 15) is 19.5 Å². The van der Waals surface area contributed by atoms with Gasteiger partial charge in [-0.2, -0.15) is 0 Å². The fraction of sp³-hybridized carbons (Fsp3) is 0.381. The Balaban J connectivity index is 2.18. The molecule has 1 fully saturated rings. The predicted octanol–water partition coefficient (Wildman–Crippen LogP) is 2.46. The average molecular weight is 432 g/mol. The molecule has 9 heteroatoms. The number of nitrogens with one attached hydrogen (secondary N) is 1. The molecule has 3 rings (SSSR count). The Morgan fingerprint density at radius 1 is 1.33 bits per heavy atom. The van der Waals surface area contributed by atoms with Gasteiger partial charge in [0, 0.05) is 29.2 Å². The van der Waals surface area contributed by atoms with Crippen LogP contribution in [0.15, 0.2) is 23.1 Å². The number of hydrogen-bond donors (Lipinski definition) is 2. The van der Waals surface area contributed by atoms with Gasteiger partial charge in [0.15, 0.2) is 0 Å². The summed E-state index contributed by atoms with van der Waals surface area (Å²) < 4.78 is 4.78. The number of carbonyl (C=O) groups is 3. The van der Waals surface area contributed by atoms with Crippen LogP contribution in [0.1, 0.15) is 38.2 Å². The first-order valence-electron chi connectivity index (χ1n) is 9.43. The van der Waals surface area contributed by atoms with Crippen molar-refractivity contribution in [3.05, 3.63) is 50.5 Å². The van der Waals surface area contributed by atoms with Gasteiger partial charge in [0.2, 0.25) is 0 Å². The minimum Gasteiger partial charge on any atom is -0.507 e. The maximum atomic E-state index is 13.0. The monoisotopic (exact) mass is 431 g/mol. The maximum Gasteiger partial charge on any atom is 0.354 e. The van der Waals surface area contributed by atoms with E-state index < -0.39 is 23.7 Å². The van der Waals surface area contributed by atoms with E-state index in [4.69, 9.17) is 4.74 Å². The topological polar surface area (TPSA) is 103 Å². The number of amides is 1. The lowest BCUT2D eigenvalue weighted by Crippen LogP contribution is -2.35. The number of likely N-dealkylation sites (tertiary alicyclic amines) is 1. The van der Waals surface area contributed by atoms with E-state index in [0.29, 0.717) is 29.9 Å². The van der Waals surface area contributed by atoms with Crippen LogP contribution in [0.3, 0.4) is 0 Å². The smallest absolute Gasteiger partial charge is 0.354 e. The third-order valence-electron chi connectivity index (χ3n) is 5.20. The van der Waals surface area contributed by atoms with Crippen LogP contribution in [0.2, 0.25) is 0 Å². The van der Waals surface area contributed by atoms with Crippen molar-refractivity contribution >= 4 is 34.8 Å². The van der Waals surface area contributed by atoms with E-state index >= 15 is 0 Å². The fourth-order valence-corrected chi connectivity index (χ4v) is 4.55. The van der Waals surface area contributed by atoms with E-state index in [1.807, 2.05) is 36.5 Å². The van der Waals surface area contributed by atoms with Crippen LogP contribution in [-0.2, 0) is 14.3 Å². The number of hydrogen-bond acceptors (Lipinski definition) is 7. The van der Waals surface area contributed by atoms with Crippen LogP contribution in [-0.4, -0.2) is 71.8 Å². The summed E-state index contributed by atoms with van der Waals surface area (Å²) in [6, 6.07) is 3.00. The summed E-state index contributed by atoms with van der Waals surface area (Å²) in [5.74, 6) is -2.24. The summed E-state index contributed by atoms with van der Waals surface area (Å²) in [5.41, 5.74) is 1.53. The molecule has 0 saturated carbocycles. The first-order valence-corrected chi connectivity index (χ1v) is 10.3. The number of aromatic nitrogens is 1. The molecule has 1 atom stereocenters. The van der Waals surface area contributed by atoms with Crippen LogP contribution in [0.4, 0.5) is 0 Å². The lowest BCUT2D eigenvalue weighted by Gasteiger charge is -2.25. The Morgan fingerprint density at radius 2 is 2.03 bits per heavy atom. The highest BCUT2D eigenvalue weighted by Crippen LogP contribution is 2.42. The summed E-state index contributed by atoms with van der Waals surface area (Å²) >= 11 is 1.41. The molecule has 1 amide bonds. The number of thiophene rings is 1. The molecule has 1 aliphatic rings. The molecule has 2 aromatic heterocycles. The number of aliphatic hydroxyl groups excluding tert-OH is 1. The van der Waals surface area contributed by atoms with E-state index in [0.717, 1.165) is 4.88 Å². The Morgan fingerprint density at radius 3 is 2.60 bits per heavy atom. The Hall–Kier alpha value is -2.91. The molecule has 2 N–H and O–H groups in total. The van der Waals surface area contributed by atoms with Gasteiger partial charge in [-0.15, -0.1) is 11.3 Å². The van der Waals surface area contributed by atoms with Crippen molar-refractivity contribution in [2.75, 3.05) is 34.3 Å². The van der Waals surface area contributed by atoms with Crippen LogP contribution in [0.5, 0.6) is 0 Å². The second kappa shape index (κ2) is 8.45. The van der Waals surface area contributed by atoms with Crippen molar-refractivity contribution in [1.82, 2.24) is 14.8 Å². The van der Waals surface area contributed by atoms with Crippen molar-refractivity contribution in [3.63, 3.8) is 0 Å². The zero-order valence-electron chi connectivity index (χ0n) is 17.6. The van der Waals surface area contributed by atoms with Gasteiger partial charge in [0.05, 0.1) is 18.7 Å². The molecule has 2 aromatic rings. The second-order valence-corrected chi connectivity index (χ2v) is 8.41. The predicted molar refractivity (Wildman–Crippen MR) is 113 cm³/mol. The lowest BCUT2D eigenvalue weighted by atomic mass is 9.97. The van der Waals surface area contributed by atoms with Crippen molar-refractivity contribution < 1.29 is 24.2 Å². The van der Waals surface area contributed by atoms with Gasteiger partial charge in [0.1, 0.15) is 11.5 Å². The largest absolute Gasteiger partial charge is 0.507 e. The van der Waals surface area contributed by atoms with Gasteiger partial charge in [-0.25, -0.2) is 4.79 Å². The Bertz CT molecular complexity index is 1020. The van der Waals surface area contributed by atoms with E-state index in [-0.39, 0.29) is 17.0 Å². The summed E-state index contributed by atoms with van der Waals surface area (Å²) in [6.07, 6.45) is 0. The molecule has 1 aliphatic heterocycles. The third kappa shape index (κ3) is 3.66. The van der Waals surface area contributed by atoms with Crippen molar-refractivity contribution in [1.29, 1.82) is 0 Å². The highest BCUT2D eigenvalue weighted by molar-refractivity contribution is 7.10. The number of Topliss-reactive ketones (excluding diaryl/α,β-unsaturated/α-hetero) is 1. The second-order valence-electron chi connectivity index (χ2n) is 7.43. The molecule has 1 unspecified atom stereocenters. The molecule has 8 nitrogen and oxygen atoms in total. The number of esters is 1. The number of rotatable bonds is 6. The number of carbonyl (C=O) groups excluding carboxylic acids is 3. The van der Waals surface area contributed by atoms with Crippen LogP contribution < -0.4 is 0 Å². The molecule has 3 heterocycles. The van der Waals surface area contributed by atoms with Gasteiger partial charge in [-0.05, 0) is 45.0 Å². The first-order chi connectivity index (χ1) is 14.2. The van der Waals surface area contributed by atoms with Crippen LogP contribution in [0.25, 0.3) is 5.76 Å². The number of methoxy groups -OCH3 is 1. The maximum absolute atomic E-state index is 13.0. The average Bonchev–Trinajstić information content (AvgIpc) is 3.38. The zero-order valence-corrected chi connectivity index (χ0v) is 18.4. The highest BCUT2D eigenvalue weighted by atomic mass is 32.1. The molecule has 0 aromatic carbocycles. The molecular weight excluding hydrogens is 406 g/mol. The molecule has 30 heavy (non-hydrogen) atoms. The van der Waals surface area contributed by atoms with Crippen molar-refractivity contribution in [2.24, 2.45) is 0 Å². The summed E-state index contributed by atoms with van der Waals surface area (Å²) in [5, 5.41) is 13.1. The number of nitrogens with zero attached hydrogens (tertiary/aromatic N) is 2. The van der Waals surface area contributed by atoms with Gasteiger partial charge in [0.25, 0.3) is 11.7 Å². The number of H-pyrrole nitrogens is 1. The van der Waals surface area contributed by atoms with Crippen molar-refractivity contribution in [2.45, 2.75) is 19.9 Å². The molecule has 160 valence electrons. The Kier molecular flexibility index (Phi) is 6.14. The van der Waals surface area contributed by atoms with Crippen molar-refractivity contribution in [3.8, 4) is 0 Å². The number of likely N-dealkylation sites (N-methyl/N-ethyl adjacent to an activating group) is 1. The molecular formula is C21H25N3O5S. The molecule has 0 spiro atoms. The number of ketones is 1. The number of aryl methyl sites for hydroxylation is 1. The quantitative estimate of drug-likeness (QED) is 0.315. The lowest BCUT2D eigenvalue weighted by molar-refractivity contribution is -0.140. The number of ether oxygens (including phenoxy) is 1. The minimum absolute atomic E-state index is 0.0304. The summed E-state index contributed by atoms with van der Waals surface area (Å²) in [4.78, 5) is 45.0. The van der Waals surface area contributed by atoms with Gasteiger partial charge in [-0.1, -0.05) is 6.07 Å². The van der Waals surface area contributed by atoms with Gasteiger partial charge >= 0.3 is 5.97 Å². The van der Waals surface area contributed by atoms with Gasteiger partial charge < -0.3 is 24.6 Å². The van der Waals surface area contributed by atoms with E-state index in [2.05, 4.69) is 4.98 Å².